The lowest BCUT2D eigenvalue weighted by Gasteiger charge is -2.37. The zero-order valence-corrected chi connectivity index (χ0v) is 13.3. The van der Waals surface area contributed by atoms with Gasteiger partial charge in [0.2, 0.25) is 5.91 Å². The summed E-state index contributed by atoms with van der Waals surface area (Å²) in [6.07, 6.45) is 0.596. The number of hydrogen-bond acceptors (Lipinski definition) is 3. The average molecular weight is 309 g/mol. The molecule has 0 aliphatic carbocycles. The van der Waals surface area contributed by atoms with Crippen molar-refractivity contribution in [3.05, 3.63) is 66.2 Å². The minimum atomic E-state index is -0.458. The Morgan fingerprint density at radius 2 is 1.48 bits per heavy atom. The Labute approximate surface area is 137 Å². The Morgan fingerprint density at radius 1 is 0.913 bits per heavy atom. The van der Waals surface area contributed by atoms with Gasteiger partial charge < -0.3 is 15.5 Å². The molecule has 0 bridgehead atoms. The Balaban J connectivity index is 1.54. The van der Waals surface area contributed by atoms with Crippen LogP contribution in [0.1, 0.15) is 5.56 Å². The lowest BCUT2D eigenvalue weighted by molar-refractivity contribution is -0.132. The van der Waals surface area contributed by atoms with E-state index in [4.69, 9.17) is 5.73 Å². The zero-order chi connectivity index (χ0) is 16.1. The topological polar surface area (TPSA) is 49.6 Å². The van der Waals surface area contributed by atoms with Gasteiger partial charge in [0.15, 0.2) is 0 Å². The van der Waals surface area contributed by atoms with E-state index in [9.17, 15) is 4.79 Å². The number of piperazine rings is 1. The summed E-state index contributed by atoms with van der Waals surface area (Å²) in [4.78, 5) is 16.7. The maximum Gasteiger partial charge on any atom is 0.239 e. The first kappa shape index (κ1) is 15.6. The van der Waals surface area contributed by atoms with Crippen LogP contribution in [0.15, 0.2) is 60.7 Å². The molecule has 23 heavy (non-hydrogen) atoms. The molecule has 120 valence electrons. The predicted octanol–water partition coefficient (Wildman–Crippen LogP) is 1.91. The lowest BCUT2D eigenvalue weighted by Crippen LogP contribution is -2.53. The van der Waals surface area contributed by atoms with Crippen LogP contribution in [0.25, 0.3) is 0 Å². The number of benzene rings is 2. The number of nitrogens with zero attached hydrogens (tertiary/aromatic N) is 2. The molecule has 1 aliphatic heterocycles. The number of carbonyl (C=O) groups excluding carboxylic acids is 1. The van der Waals surface area contributed by atoms with Gasteiger partial charge in [-0.05, 0) is 24.1 Å². The third-order valence-corrected chi connectivity index (χ3v) is 4.33. The number of anilines is 1. The van der Waals surface area contributed by atoms with Crippen LogP contribution in [0.3, 0.4) is 0 Å². The summed E-state index contributed by atoms with van der Waals surface area (Å²) < 4.78 is 0. The van der Waals surface area contributed by atoms with Gasteiger partial charge in [0, 0.05) is 31.9 Å². The molecule has 1 aliphatic rings. The Morgan fingerprint density at radius 3 is 2.09 bits per heavy atom. The van der Waals surface area contributed by atoms with E-state index in [-0.39, 0.29) is 5.91 Å². The Hall–Kier alpha value is -2.33. The van der Waals surface area contributed by atoms with Gasteiger partial charge >= 0.3 is 0 Å². The smallest absolute Gasteiger partial charge is 0.239 e. The first-order valence-corrected chi connectivity index (χ1v) is 8.12. The maximum absolute atomic E-state index is 12.5. The van der Waals surface area contributed by atoms with Crippen molar-refractivity contribution in [2.75, 3.05) is 31.1 Å². The van der Waals surface area contributed by atoms with E-state index in [1.807, 2.05) is 53.4 Å². The second-order valence-corrected chi connectivity index (χ2v) is 5.94. The molecule has 4 heteroatoms. The number of hydrogen-bond donors (Lipinski definition) is 1. The van der Waals surface area contributed by atoms with Gasteiger partial charge in [-0.25, -0.2) is 0 Å². The predicted molar refractivity (Wildman–Crippen MR) is 93.4 cm³/mol. The molecule has 0 aromatic heterocycles. The highest BCUT2D eigenvalue weighted by Crippen LogP contribution is 2.16. The summed E-state index contributed by atoms with van der Waals surface area (Å²) in [6, 6.07) is 19.8. The second-order valence-electron chi connectivity index (χ2n) is 5.94. The highest BCUT2D eigenvalue weighted by Gasteiger charge is 2.25. The van der Waals surface area contributed by atoms with Crippen LogP contribution in [0, 0.1) is 0 Å². The van der Waals surface area contributed by atoms with Crippen molar-refractivity contribution in [3.63, 3.8) is 0 Å². The lowest BCUT2D eigenvalue weighted by atomic mass is 10.1. The Kier molecular flexibility index (Phi) is 4.93. The van der Waals surface area contributed by atoms with E-state index in [1.165, 1.54) is 5.69 Å². The molecule has 2 aromatic carbocycles. The van der Waals surface area contributed by atoms with Crippen LogP contribution in [0.2, 0.25) is 0 Å². The van der Waals surface area contributed by atoms with E-state index in [2.05, 4.69) is 17.0 Å². The molecule has 1 heterocycles. The molecule has 2 N–H and O–H groups in total. The van der Waals surface area contributed by atoms with Crippen molar-refractivity contribution in [1.82, 2.24) is 4.90 Å². The molecule has 1 unspecified atom stereocenters. The first-order valence-electron chi connectivity index (χ1n) is 8.12. The van der Waals surface area contributed by atoms with Crippen molar-refractivity contribution < 1.29 is 4.79 Å². The van der Waals surface area contributed by atoms with Crippen molar-refractivity contribution in [3.8, 4) is 0 Å². The summed E-state index contributed by atoms with van der Waals surface area (Å²) in [5.41, 5.74) is 8.44. The summed E-state index contributed by atoms with van der Waals surface area (Å²) in [5, 5.41) is 0. The summed E-state index contributed by atoms with van der Waals surface area (Å²) in [5.74, 6) is 0.0570. The largest absolute Gasteiger partial charge is 0.368 e. The van der Waals surface area contributed by atoms with Crippen LogP contribution >= 0.6 is 0 Å². The fourth-order valence-electron chi connectivity index (χ4n) is 3.01. The maximum atomic E-state index is 12.5. The molecule has 4 nitrogen and oxygen atoms in total. The zero-order valence-electron chi connectivity index (χ0n) is 13.3. The van der Waals surface area contributed by atoms with Crippen molar-refractivity contribution >= 4 is 11.6 Å². The monoisotopic (exact) mass is 309 g/mol. The minimum Gasteiger partial charge on any atom is -0.368 e. The van der Waals surface area contributed by atoms with E-state index >= 15 is 0 Å². The van der Waals surface area contributed by atoms with E-state index in [1.54, 1.807) is 0 Å². The van der Waals surface area contributed by atoms with Crippen LogP contribution in [0.5, 0.6) is 0 Å². The Bertz CT molecular complexity index is 622. The highest BCUT2D eigenvalue weighted by molar-refractivity contribution is 5.82. The number of nitrogens with two attached hydrogens (primary N) is 1. The summed E-state index contributed by atoms with van der Waals surface area (Å²) >= 11 is 0. The van der Waals surface area contributed by atoms with Gasteiger partial charge in [-0.2, -0.15) is 0 Å². The number of carbonyl (C=O) groups is 1. The van der Waals surface area contributed by atoms with Gasteiger partial charge in [-0.3, -0.25) is 4.79 Å². The molecule has 1 fully saturated rings. The summed E-state index contributed by atoms with van der Waals surface area (Å²) in [6.45, 7) is 3.17. The van der Waals surface area contributed by atoms with Gasteiger partial charge in [0.1, 0.15) is 0 Å². The van der Waals surface area contributed by atoms with Crippen LogP contribution in [-0.4, -0.2) is 43.0 Å². The SMILES string of the molecule is NC(Cc1ccccc1)C(=O)N1CCN(c2ccccc2)CC1. The standard InChI is InChI=1S/C19H23N3O/c20-18(15-16-7-3-1-4-8-16)19(23)22-13-11-21(12-14-22)17-9-5-2-6-10-17/h1-10,18H,11-15,20H2. The molecule has 0 spiro atoms. The molecule has 1 saturated heterocycles. The molecule has 3 rings (SSSR count). The molecular weight excluding hydrogens is 286 g/mol. The van der Waals surface area contributed by atoms with Crippen molar-refractivity contribution in [1.29, 1.82) is 0 Å². The van der Waals surface area contributed by atoms with Gasteiger partial charge in [-0.15, -0.1) is 0 Å². The van der Waals surface area contributed by atoms with Crippen LogP contribution in [-0.2, 0) is 11.2 Å². The number of amides is 1. The highest BCUT2D eigenvalue weighted by atomic mass is 16.2. The fourth-order valence-corrected chi connectivity index (χ4v) is 3.01. The van der Waals surface area contributed by atoms with E-state index in [0.717, 1.165) is 31.7 Å². The summed E-state index contributed by atoms with van der Waals surface area (Å²) in [7, 11) is 0. The quantitative estimate of drug-likeness (QED) is 0.938. The van der Waals surface area contributed by atoms with E-state index in [0.29, 0.717) is 6.42 Å². The molecule has 1 atom stereocenters. The van der Waals surface area contributed by atoms with Gasteiger partial charge in [0.25, 0.3) is 0 Å². The molecular formula is C19H23N3O. The second kappa shape index (κ2) is 7.29. The average Bonchev–Trinajstić information content (AvgIpc) is 2.63. The van der Waals surface area contributed by atoms with Crippen LogP contribution in [0.4, 0.5) is 5.69 Å². The number of rotatable bonds is 4. The van der Waals surface area contributed by atoms with E-state index < -0.39 is 6.04 Å². The van der Waals surface area contributed by atoms with Crippen molar-refractivity contribution in [2.24, 2.45) is 5.73 Å². The van der Waals surface area contributed by atoms with Crippen LogP contribution < -0.4 is 10.6 Å². The van der Waals surface area contributed by atoms with Gasteiger partial charge in [0.05, 0.1) is 6.04 Å². The molecule has 0 radical (unpaired) electrons. The molecule has 0 saturated carbocycles. The third-order valence-electron chi connectivity index (χ3n) is 4.33. The normalized spacial score (nSPS) is 16.2. The van der Waals surface area contributed by atoms with Gasteiger partial charge in [-0.1, -0.05) is 48.5 Å². The minimum absolute atomic E-state index is 0.0570. The van der Waals surface area contributed by atoms with Crippen molar-refractivity contribution in [2.45, 2.75) is 12.5 Å². The number of para-hydroxylation sites is 1. The first-order chi connectivity index (χ1) is 11.2. The third kappa shape index (κ3) is 3.90. The molecule has 1 amide bonds. The fraction of sp³-hybridized carbons (Fsp3) is 0.316. The molecule has 2 aromatic rings.